The van der Waals surface area contributed by atoms with Gasteiger partial charge in [-0.15, -0.1) is 11.3 Å². The van der Waals surface area contributed by atoms with Crippen LogP contribution in [0.5, 0.6) is 0 Å². The number of nitrogen functional groups attached to an aromatic ring is 1. The number of ketones is 1. The van der Waals surface area contributed by atoms with Gasteiger partial charge in [0.15, 0.2) is 5.78 Å². The Labute approximate surface area is 195 Å². The van der Waals surface area contributed by atoms with E-state index in [1.807, 2.05) is 13.0 Å². The zero-order chi connectivity index (χ0) is 22.1. The van der Waals surface area contributed by atoms with Crippen LogP contribution in [0.1, 0.15) is 26.4 Å². The molecule has 0 radical (unpaired) electrons. The van der Waals surface area contributed by atoms with Crippen molar-refractivity contribution in [2.45, 2.75) is 13.5 Å². The number of anilines is 2. The molecule has 162 valence electrons. The number of carbonyl (C=O) groups is 1. The Morgan fingerprint density at radius 3 is 2.42 bits per heavy atom. The van der Waals surface area contributed by atoms with Crippen LogP contribution in [0.2, 0.25) is 10.0 Å². The summed E-state index contributed by atoms with van der Waals surface area (Å²) >= 11 is 13.2. The van der Waals surface area contributed by atoms with Crippen LogP contribution >= 0.6 is 34.5 Å². The smallest absolute Gasteiger partial charge is 0.196 e. The number of piperazine rings is 1. The quantitative estimate of drug-likeness (QED) is 0.483. The second-order valence-corrected chi connectivity index (χ2v) is 9.67. The number of hydrogen-bond donors (Lipinski definition) is 1. The zero-order valence-corrected chi connectivity index (χ0v) is 19.3. The van der Waals surface area contributed by atoms with E-state index in [-0.39, 0.29) is 10.8 Å². The average Bonchev–Trinajstić information content (AvgIpc) is 3.03. The molecule has 1 aliphatic rings. The molecule has 1 saturated heterocycles. The van der Waals surface area contributed by atoms with E-state index >= 15 is 0 Å². The van der Waals surface area contributed by atoms with E-state index in [0.717, 1.165) is 42.3 Å². The molecule has 31 heavy (non-hydrogen) atoms. The summed E-state index contributed by atoms with van der Waals surface area (Å²) in [5, 5.41) is 1.26. The first-order valence-electron chi connectivity index (χ1n) is 9.94. The second-order valence-electron chi connectivity index (χ2n) is 7.57. The highest BCUT2D eigenvalue weighted by Crippen LogP contribution is 2.34. The summed E-state index contributed by atoms with van der Waals surface area (Å²) in [6.45, 7) is 5.78. The van der Waals surface area contributed by atoms with E-state index in [1.165, 1.54) is 17.4 Å². The summed E-state index contributed by atoms with van der Waals surface area (Å²) in [5.74, 6) is -0.486. The molecule has 3 aromatic rings. The van der Waals surface area contributed by atoms with E-state index in [9.17, 15) is 9.18 Å². The van der Waals surface area contributed by atoms with E-state index in [2.05, 4.69) is 9.80 Å². The third kappa shape index (κ3) is 4.72. The maximum absolute atomic E-state index is 13.8. The number of benzene rings is 2. The minimum Gasteiger partial charge on any atom is -0.390 e. The third-order valence-corrected chi connectivity index (χ3v) is 7.13. The number of halogens is 3. The van der Waals surface area contributed by atoms with Gasteiger partial charge in [0.1, 0.15) is 5.82 Å². The molecule has 1 aromatic heterocycles. The average molecular weight is 478 g/mol. The number of nitrogens with two attached hydrogens (primary N) is 1. The molecular weight excluding hydrogens is 456 g/mol. The van der Waals surface area contributed by atoms with Crippen molar-refractivity contribution in [3.63, 3.8) is 0 Å². The van der Waals surface area contributed by atoms with E-state index in [1.54, 1.807) is 30.3 Å². The second kappa shape index (κ2) is 9.17. The van der Waals surface area contributed by atoms with Crippen LogP contribution in [0.3, 0.4) is 0 Å². The van der Waals surface area contributed by atoms with Crippen LogP contribution in [0.15, 0.2) is 42.5 Å². The fraction of sp³-hybridized carbons (Fsp3) is 0.261. The van der Waals surface area contributed by atoms with Crippen LogP contribution in [-0.2, 0) is 6.54 Å². The maximum atomic E-state index is 13.8. The topological polar surface area (TPSA) is 49.6 Å². The molecule has 4 nitrogen and oxygen atoms in total. The van der Waals surface area contributed by atoms with Gasteiger partial charge in [0.05, 0.1) is 15.6 Å². The van der Waals surface area contributed by atoms with Gasteiger partial charge in [-0.1, -0.05) is 23.2 Å². The van der Waals surface area contributed by atoms with Gasteiger partial charge in [0.25, 0.3) is 0 Å². The molecule has 1 aliphatic heterocycles. The molecule has 0 spiro atoms. The van der Waals surface area contributed by atoms with Crippen LogP contribution in [0, 0.1) is 12.7 Å². The Morgan fingerprint density at radius 1 is 1.10 bits per heavy atom. The highest BCUT2D eigenvalue weighted by atomic mass is 35.5. The lowest BCUT2D eigenvalue weighted by Gasteiger charge is -2.36. The molecule has 2 N–H and O–H groups in total. The number of nitrogens with zero attached hydrogens (tertiary/aromatic N) is 2. The molecule has 8 heteroatoms. The van der Waals surface area contributed by atoms with Gasteiger partial charge in [-0.25, -0.2) is 4.39 Å². The van der Waals surface area contributed by atoms with Gasteiger partial charge in [0, 0.05) is 53.9 Å². The van der Waals surface area contributed by atoms with Crippen molar-refractivity contribution in [2.24, 2.45) is 0 Å². The van der Waals surface area contributed by atoms with Crippen LogP contribution < -0.4 is 10.6 Å². The first-order valence-corrected chi connectivity index (χ1v) is 11.5. The van der Waals surface area contributed by atoms with Crippen molar-refractivity contribution >= 4 is 51.0 Å². The van der Waals surface area contributed by atoms with Crippen molar-refractivity contribution in [1.29, 1.82) is 0 Å². The highest BCUT2D eigenvalue weighted by molar-refractivity contribution is 7.16. The molecular formula is C23H22Cl2FN3OS. The van der Waals surface area contributed by atoms with Gasteiger partial charge in [0.2, 0.25) is 0 Å². The molecule has 0 atom stereocenters. The van der Waals surface area contributed by atoms with Gasteiger partial charge in [-0.05, 0) is 55.0 Å². The van der Waals surface area contributed by atoms with Crippen molar-refractivity contribution in [2.75, 3.05) is 36.8 Å². The molecule has 0 saturated carbocycles. The SMILES string of the molecule is Cc1sc(N)c(C(=O)c2ccc(Cl)cc2)c1CN1CCN(c2ccc(Cl)c(F)c2)CC1. The van der Waals surface area contributed by atoms with Crippen molar-refractivity contribution in [1.82, 2.24) is 4.90 Å². The summed E-state index contributed by atoms with van der Waals surface area (Å²) in [6.07, 6.45) is 0. The van der Waals surface area contributed by atoms with Crippen molar-refractivity contribution in [3.05, 3.63) is 79.9 Å². The minimum absolute atomic E-state index is 0.0798. The Balaban J connectivity index is 1.48. The number of hydrogen-bond acceptors (Lipinski definition) is 5. The van der Waals surface area contributed by atoms with Gasteiger partial charge in [-0.3, -0.25) is 9.69 Å². The Morgan fingerprint density at radius 2 is 1.77 bits per heavy atom. The molecule has 2 heterocycles. The summed E-state index contributed by atoms with van der Waals surface area (Å²) < 4.78 is 13.8. The van der Waals surface area contributed by atoms with Crippen molar-refractivity contribution < 1.29 is 9.18 Å². The Kier molecular flexibility index (Phi) is 6.53. The zero-order valence-electron chi connectivity index (χ0n) is 17.0. The largest absolute Gasteiger partial charge is 0.390 e. The molecule has 4 rings (SSSR count). The van der Waals surface area contributed by atoms with E-state index < -0.39 is 5.82 Å². The molecule has 2 aromatic carbocycles. The predicted octanol–water partition coefficient (Wildman–Crippen LogP) is 5.64. The molecule has 0 bridgehead atoms. The fourth-order valence-corrected chi connectivity index (χ4v) is 5.04. The van der Waals surface area contributed by atoms with E-state index in [0.29, 0.717) is 27.7 Å². The number of aryl methyl sites for hydroxylation is 1. The first-order chi connectivity index (χ1) is 14.8. The molecule has 0 aliphatic carbocycles. The number of rotatable bonds is 5. The van der Waals surface area contributed by atoms with E-state index in [4.69, 9.17) is 28.9 Å². The fourth-order valence-electron chi connectivity index (χ4n) is 3.86. The molecule has 1 fully saturated rings. The Hall–Kier alpha value is -2.12. The minimum atomic E-state index is -0.406. The number of thiophene rings is 1. The molecule has 0 unspecified atom stereocenters. The lowest BCUT2D eigenvalue weighted by atomic mass is 9.99. The maximum Gasteiger partial charge on any atom is 0.196 e. The van der Waals surface area contributed by atoms with Gasteiger partial charge >= 0.3 is 0 Å². The van der Waals surface area contributed by atoms with Gasteiger partial charge < -0.3 is 10.6 Å². The first kappa shape index (κ1) is 22.1. The summed E-state index contributed by atoms with van der Waals surface area (Å²) in [6, 6.07) is 11.8. The highest BCUT2D eigenvalue weighted by Gasteiger charge is 2.25. The summed E-state index contributed by atoms with van der Waals surface area (Å²) in [4.78, 5) is 18.7. The lowest BCUT2D eigenvalue weighted by molar-refractivity contribution is 0.103. The Bertz CT molecular complexity index is 1110. The molecule has 0 amide bonds. The standard InChI is InChI=1S/C23H22Cl2FN3OS/c1-14-18(21(23(27)31-14)22(30)15-2-4-16(24)5-3-15)13-28-8-10-29(11-9-28)17-6-7-19(25)20(26)12-17/h2-7,12H,8-11,13,27H2,1H3. The van der Waals surface area contributed by atoms with Crippen LogP contribution in [0.25, 0.3) is 0 Å². The third-order valence-electron chi connectivity index (χ3n) is 5.59. The summed E-state index contributed by atoms with van der Waals surface area (Å²) in [7, 11) is 0. The summed E-state index contributed by atoms with van der Waals surface area (Å²) in [5.41, 5.74) is 9.21. The predicted molar refractivity (Wildman–Crippen MR) is 127 cm³/mol. The lowest BCUT2D eigenvalue weighted by Crippen LogP contribution is -2.46. The van der Waals surface area contributed by atoms with Crippen molar-refractivity contribution in [3.8, 4) is 0 Å². The van der Waals surface area contributed by atoms with Gasteiger partial charge in [-0.2, -0.15) is 0 Å². The monoisotopic (exact) mass is 477 g/mol. The normalized spacial score (nSPS) is 14.8. The van der Waals surface area contributed by atoms with Crippen LogP contribution in [0.4, 0.5) is 15.1 Å². The van der Waals surface area contributed by atoms with Crippen LogP contribution in [-0.4, -0.2) is 36.9 Å². The number of carbonyl (C=O) groups excluding carboxylic acids is 1.